The van der Waals surface area contributed by atoms with Crippen molar-refractivity contribution in [1.29, 1.82) is 0 Å². The fraction of sp³-hybridized carbons (Fsp3) is 0. The highest BCUT2D eigenvalue weighted by atomic mass is 35.5. The lowest BCUT2D eigenvalue weighted by Gasteiger charge is -1.71. The second-order valence-electron chi connectivity index (χ2n) is 1.71. The van der Waals surface area contributed by atoms with E-state index in [1.165, 1.54) is 0 Å². The van der Waals surface area contributed by atoms with E-state index < -0.39 is 0 Å². The minimum atomic E-state index is 0.365. The van der Waals surface area contributed by atoms with Crippen molar-refractivity contribution in [2.24, 2.45) is 0 Å². The summed E-state index contributed by atoms with van der Waals surface area (Å²) in [5.74, 6) is 0.486. The van der Waals surface area contributed by atoms with Crippen LogP contribution < -0.4 is 0 Å². The Hall–Kier alpha value is -0.890. The molecule has 0 unspecified atom stereocenters. The molecule has 0 N–H and O–H groups in total. The number of rotatable bonds is 0. The molecule has 3 heteroatoms. The summed E-state index contributed by atoms with van der Waals surface area (Å²) < 4.78 is 9.79. The van der Waals surface area contributed by atoms with Gasteiger partial charge in [-0.1, -0.05) is 0 Å². The molecule has 0 aliphatic carbocycles. The summed E-state index contributed by atoms with van der Waals surface area (Å²) in [6, 6.07) is 3.51. The molecule has 0 aliphatic heterocycles. The largest absolute Gasteiger partial charge is 0.433 e. The molecule has 0 saturated heterocycles. The molecule has 0 aliphatic rings. The topological polar surface area (TPSA) is 26.3 Å². The van der Waals surface area contributed by atoms with E-state index in [4.69, 9.17) is 20.4 Å². The third kappa shape index (κ3) is 0.634. The Morgan fingerprint density at radius 3 is 3.11 bits per heavy atom. The summed E-state index contributed by atoms with van der Waals surface area (Å²) in [6.07, 6.45) is 1.56. The average molecular weight is 143 g/mol. The van der Waals surface area contributed by atoms with Crippen LogP contribution in [0, 0.1) is 0 Å². The molecule has 2 heterocycles. The Kier molecular flexibility index (Phi) is 0.848. The van der Waals surface area contributed by atoms with Crippen LogP contribution in [0.3, 0.4) is 0 Å². The van der Waals surface area contributed by atoms with Gasteiger partial charge in [-0.25, -0.2) is 0 Å². The quantitative estimate of drug-likeness (QED) is 0.565. The third-order valence-corrected chi connectivity index (χ3v) is 1.30. The molecular weight excluding hydrogens is 140 g/mol. The van der Waals surface area contributed by atoms with Gasteiger partial charge in [0.2, 0.25) is 0 Å². The van der Waals surface area contributed by atoms with E-state index in [-0.39, 0.29) is 0 Å². The van der Waals surface area contributed by atoms with Crippen LogP contribution in [0.25, 0.3) is 11.2 Å². The van der Waals surface area contributed by atoms with Crippen molar-refractivity contribution in [3.05, 3.63) is 23.6 Å². The first kappa shape index (κ1) is 4.94. The van der Waals surface area contributed by atoms with Crippen LogP contribution >= 0.6 is 11.6 Å². The van der Waals surface area contributed by atoms with Crippen molar-refractivity contribution >= 4 is 22.8 Å². The maximum atomic E-state index is 5.50. The highest BCUT2D eigenvalue weighted by Gasteiger charge is 2.01. The van der Waals surface area contributed by atoms with Gasteiger partial charge in [0.05, 0.1) is 11.6 Å². The molecule has 0 fully saturated rings. The standard InChI is InChI=1S/C6H3ClO2/c7-5-3-4-1-2-8-6(4)9-5/h1-3H. The monoisotopic (exact) mass is 142 g/mol. The van der Waals surface area contributed by atoms with Gasteiger partial charge in [-0.15, -0.1) is 0 Å². The van der Waals surface area contributed by atoms with Gasteiger partial charge in [0.1, 0.15) is 0 Å². The van der Waals surface area contributed by atoms with E-state index in [9.17, 15) is 0 Å². The average Bonchev–Trinajstić information content (AvgIpc) is 2.22. The summed E-state index contributed by atoms with van der Waals surface area (Å²) in [4.78, 5) is 0. The zero-order chi connectivity index (χ0) is 6.27. The van der Waals surface area contributed by atoms with E-state index >= 15 is 0 Å². The highest BCUT2D eigenvalue weighted by Crippen LogP contribution is 2.22. The van der Waals surface area contributed by atoms with Crippen molar-refractivity contribution in [1.82, 2.24) is 0 Å². The van der Waals surface area contributed by atoms with Crippen LogP contribution in [-0.2, 0) is 0 Å². The Bertz CT molecular complexity index is 292. The SMILES string of the molecule is Clc1cc2ccoc2o1. The highest BCUT2D eigenvalue weighted by molar-refractivity contribution is 6.29. The van der Waals surface area contributed by atoms with Crippen LogP contribution in [0.1, 0.15) is 0 Å². The van der Waals surface area contributed by atoms with Crippen LogP contribution in [0.15, 0.2) is 27.2 Å². The normalized spacial score (nSPS) is 10.8. The van der Waals surface area contributed by atoms with E-state index in [1.807, 2.05) is 0 Å². The van der Waals surface area contributed by atoms with Gasteiger partial charge >= 0.3 is 0 Å². The maximum Gasteiger partial charge on any atom is 0.298 e. The Balaban J connectivity index is 2.92. The predicted octanol–water partition coefficient (Wildman–Crippen LogP) is 2.68. The molecule has 0 atom stereocenters. The molecule has 46 valence electrons. The van der Waals surface area contributed by atoms with Crippen molar-refractivity contribution in [3.63, 3.8) is 0 Å². The van der Waals surface area contributed by atoms with Crippen molar-refractivity contribution in [2.75, 3.05) is 0 Å². The summed E-state index contributed by atoms with van der Waals surface area (Å²) in [5.41, 5.74) is 0. The lowest BCUT2D eigenvalue weighted by atomic mass is 10.4. The molecular formula is C6H3ClO2. The van der Waals surface area contributed by atoms with Crippen LogP contribution in [0.5, 0.6) is 0 Å². The molecule has 0 bridgehead atoms. The molecule has 2 aromatic rings. The zero-order valence-corrected chi connectivity index (χ0v) is 5.18. The summed E-state index contributed by atoms with van der Waals surface area (Å²) in [5, 5.41) is 1.27. The molecule has 0 amide bonds. The molecule has 0 radical (unpaired) electrons. The van der Waals surface area contributed by atoms with Gasteiger partial charge in [-0.2, -0.15) is 0 Å². The second-order valence-corrected chi connectivity index (χ2v) is 2.09. The molecule has 2 rings (SSSR count). The lowest BCUT2D eigenvalue weighted by molar-refractivity contribution is 0.479. The van der Waals surface area contributed by atoms with Crippen molar-refractivity contribution in [2.45, 2.75) is 0 Å². The second kappa shape index (κ2) is 1.54. The van der Waals surface area contributed by atoms with E-state index in [0.29, 0.717) is 11.0 Å². The number of halogens is 1. The fourth-order valence-electron chi connectivity index (χ4n) is 0.736. The molecule has 2 nitrogen and oxygen atoms in total. The van der Waals surface area contributed by atoms with Crippen LogP contribution in [-0.4, -0.2) is 0 Å². The number of fused-ring (bicyclic) bond motifs is 1. The Morgan fingerprint density at radius 2 is 2.33 bits per heavy atom. The maximum absolute atomic E-state index is 5.50. The van der Waals surface area contributed by atoms with Gasteiger partial charge in [0.15, 0.2) is 5.22 Å². The predicted molar refractivity (Wildman–Crippen MR) is 33.5 cm³/mol. The van der Waals surface area contributed by atoms with E-state index in [1.54, 1.807) is 18.4 Å². The molecule has 0 aromatic carbocycles. The Labute approximate surface area is 56.0 Å². The van der Waals surface area contributed by atoms with Gasteiger partial charge in [0, 0.05) is 6.07 Å². The zero-order valence-electron chi connectivity index (χ0n) is 4.43. The molecule has 0 spiro atoms. The third-order valence-electron chi connectivity index (χ3n) is 1.12. The first-order valence-corrected chi connectivity index (χ1v) is 2.86. The van der Waals surface area contributed by atoms with E-state index in [2.05, 4.69) is 0 Å². The van der Waals surface area contributed by atoms with Gasteiger partial charge < -0.3 is 8.83 Å². The molecule has 2 aromatic heterocycles. The number of hydrogen-bond acceptors (Lipinski definition) is 2. The summed E-state index contributed by atoms with van der Waals surface area (Å²) >= 11 is 5.50. The number of furan rings is 2. The Morgan fingerprint density at radius 1 is 1.44 bits per heavy atom. The first-order valence-electron chi connectivity index (χ1n) is 2.49. The van der Waals surface area contributed by atoms with Crippen LogP contribution in [0.4, 0.5) is 0 Å². The van der Waals surface area contributed by atoms with Gasteiger partial charge in [-0.3, -0.25) is 0 Å². The van der Waals surface area contributed by atoms with Crippen molar-refractivity contribution in [3.8, 4) is 0 Å². The number of hydrogen-bond donors (Lipinski definition) is 0. The minimum absolute atomic E-state index is 0.365. The van der Waals surface area contributed by atoms with Gasteiger partial charge in [0.25, 0.3) is 5.78 Å². The van der Waals surface area contributed by atoms with Crippen molar-refractivity contribution < 1.29 is 8.83 Å². The first-order chi connectivity index (χ1) is 4.36. The minimum Gasteiger partial charge on any atom is -0.433 e. The van der Waals surface area contributed by atoms with E-state index in [0.717, 1.165) is 5.39 Å². The molecule has 0 saturated carbocycles. The van der Waals surface area contributed by atoms with Gasteiger partial charge in [-0.05, 0) is 17.7 Å². The van der Waals surface area contributed by atoms with Crippen LogP contribution in [0.2, 0.25) is 5.22 Å². The summed E-state index contributed by atoms with van der Waals surface area (Å²) in [7, 11) is 0. The fourth-order valence-corrected chi connectivity index (χ4v) is 0.923. The summed E-state index contributed by atoms with van der Waals surface area (Å²) in [6.45, 7) is 0. The lowest BCUT2D eigenvalue weighted by Crippen LogP contribution is -1.40. The molecule has 9 heavy (non-hydrogen) atoms. The smallest absolute Gasteiger partial charge is 0.298 e.